The molecule has 1 aromatic heterocycles. The molecule has 2 aromatic rings. The van der Waals surface area contributed by atoms with E-state index in [1.54, 1.807) is 17.9 Å². The second-order valence-corrected chi connectivity index (χ2v) is 8.63. The van der Waals surface area contributed by atoms with Gasteiger partial charge in [0.05, 0.1) is 5.56 Å². The largest absolute Gasteiger partial charge is 0.362 e. The lowest BCUT2D eigenvalue weighted by Gasteiger charge is -2.40. The first-order valence-corrected chi connectivity index (χ1v) is 10.8. The van der Waals surface area contributed by atoms with E-state index < -0.39 is 11.7 Å². The molecule has 10 heteroatoms. The van der Waals surface area contributed by atoms with E-state index in [0.29, 0.717) is 30.1 Å². The maximum atomic E-state index is 12.8. The second kappa shape index (κ2) is 8.02. The van der Waals surface area contributed by atoms with E-state index >= 15 is 0 Å². The van der Waals surface area contributed by atoms with Crippen molar-refractivity contribution in [3.8, 4) is 0 Å². The Labute approximate surface area is 178 Å². The molecule has 158 valence electrons. The smallest absolute Gasteiger partial charge is 0.255 e. The van der Waals surface area contributed by atoms with Crippen LogP contribution < -0.4 is 16.0 Å². The van der Waals surface area contributed by atoms with E-state index in [1.807, 2.05) is 25.1 Å². The van der Waals surface area contributed by atoms with Crippen molar-refractivity contribution in [2.24, 2.45) is 0 Å². The molecule has 3 heterocycles. The standard InChI is InChI=1S/C20H24N6O3S/c1-3-15-24-25-19(30-15)21-17(28)12(2)26-11-10-20(9-8-16(26)27)22-14-7-5-4-6-13(14)18(29)23-20/h4-7,12,22H,3,8-11H2,1-2H3,(H,23,29)(H,21,25,28). The number of rotatable bonds is 4. The summed E-state index contributed by atoms with van der Waals surface area (Å²) in [6.07, 6.45) is 1.92. The van der Waals surface area contributed by atoms with Crippen LogP contribution in [0.5, 0.6) is 0 Å². The number of benzene rings is 1. The molecule has 3 amide bonds. The molecule has 2 atom stereocenters. The fraction of sp³-hybridized carbons (Fsp3) is 0.450. The zero-order valence-corrected chi connectivity index (χ0v) is 17.7. The summed E-state index contributed by atoms with van der Waals surface area (Å²) < 4.78 is 0. The number of fused-ring (bicyclic) bond motifs is 1. The summed E-state index contributed by atoms with van der Waals surface area (Å²) >= 11 is 1.33. The van der Waals surface area contributed by atoms with Crippen molar-refractivity contribution in [3.63, 3.8) is 0 Å². The Morgan fingerprint density at radius 2 is 2.07 bits per heavy atom. The molecule has 1 spiro atoms. The van der Waals surface area contributed by atoms with Gasteiger partial charge in [-0.25, -0.2) is 0 Å². The monoisotopic (exact) mass is 428 g/mol. The molecule has 0 saturated carbocycles. The number of likely N-dealkylation sites (tertiary alicyclic amines) is 1. The van der Waals surface area contributed by atoms with Gasteiger partial charge in [-0.3, -0.25) is 19.7 Å². The molecule has 9 nitrogen and oxygen atoms in total. The van der Waals surface area contributed by atoms with Gasteiger partial charge in [-0.15, -0.1) is 10.2 Å². The number of anilines is 2. The van der Waals surface area contributed by atoms with Crippen molar-refractivity contribution in [1.82, 2.24) is 20.4 Å². The lowest BCUT2D eigenvalue weighted by Crippen LogP contribution is -2.58. The highest BCUT2D eigenvalue weighted by atomic mass is 32.1. The van der Waals surface area contributed by atoms with Crippen LogP contribution >= 0.6 is 11.3 Å². The number of nitrogens with zero attached hydrogens (tertiary/aromatic N) is 3. The van der Waals surface area contributed by atoms with Crippen LogP contribution in [0.15, 0.2) is 24.3 Å². The normalized spacial score (nSPS) is 22.0. The van der Waals surface area contributed by atoms with Crippen LogP contribution in [0.2, 0.25) is 0 Å². The lowest BCUT2D eigenvalue weighted by atomic mass is 9.95. The molecular weight excluding hydrogens is 404 g/mol. The summed E-state index contributed by atoms with van der Waals surface area (Å²) in [6.45, 7) is 4.02. The summed E-state index contributed by atoms with van der Waals surface area (Å²) in [5.41, 5.74) is 0.643. The predicted molar refractivity (Wildman–Crippen MR) is 113 cm³/mol. The lowest BCUT2D eigenvalue weighted by molar-refractivity contribution is -0.137. The molecule has 1 fully saturated rings. The van der Waals surface area contributed by atoms with E-state index in [1.165, 1.54) is 11.3 Å². The van der Waals surface area contributed by atoms with Crippen LogP contribution in [-0.2, 0) is 16.0 Å². The van der Waals surface area contributed by atoms with Gasteiger partial charge in [0.2, 0.25) is 16.9 Å². The van der Waals surface area contributed by atoms with Gasteiger partial charge in [0.1, 0.15) is 16.7 Å². The highest BCUT2D eigenvalue weighted by molar-refractivity contribution is 7.15. The van der Waals surface area contributed by atoms with Gasteiger partial charge in [0.25, 0.3) is 5.91 Å². The number of nitrogens with one attached hydrogen (secondary N) is 3. The maximum absolute atomic E-state index is 12.8. The van der Waals surface area contributed by atoms with Crippen molar-refractivity contribution >= 4 is 39.9 Å². The zero-order chi connectivity index (χ0) is 21.3. The van der Waals surface area contributed by atoms with Gasteiger partial charge in [0, 0.05) is 25.1 Å². The Morgan fingerprint density at radius 3 is 2.83 bits per heavy atom. The average Bonchev–Trinajstić information content (AvgIpc) is 3.13. The van der Waals surface area contributed by atoms with E-state index in [9.17, 15) is 14.4 Å². The number of hydrogen-bond donors (Lipinski definition) is 3. The number of carbonyl (C=O) groups excluding carboxylic acids is 3. The molecule has 2 aliphatic heterocycles. The molecule has 1 aromatic carbocycles. The SMILES string of the molecule is CCc1nnc(NC(=O)C(C)N2CCC3(CCC2=O)NC(=O)c2ccccc2N3)s1. The van der Waals surface area contributed by atoms with Gasteiger partial charge < -0.3 is 15.5 Å². The Morgan fingerprint density at radius 1 is 1.27 bits per heavy atom. The molecule has 2 unspecified atom stereocenters. The van der Waals surface area contributed by atoms with Crippen LogP contribution in [0.4, 0.5) is 10.8 Å². The van der Waals surface area contributed by atoms with Crippen LogP contribution in [0.3, 0.4) is 0 Å². The quantitative estimate of drug-likeness (QED) is 0.686. The fourth-order valence-electron chi connectivity index (χ4n) is 3.85. The Bertz CT molecular complexity index is 992. The molecule has 1 saturated heterocycles. The Kier molecular flexibility index (Phi) is 5.42. The van der Waals surface area contributed by atoms with Gasteiger partial charge in [-0.2, -0.15) is 0 Å². The number of aryl methyl sites for hydroxylation is 1. The number of para-hydroxylation sites is 1. The van der Waals surface area contributed by atoms with Gasteiger partial charge in [0.15, 0.2) is 0 Å². The molecule has 4 rings (SSSR count). The summed E-state index contributed by atoms with van der Waals surface area (Å²) in [5, 5.41) is 18.4. The summed E-state index contributed by atoms with van der Waals surface area (Å²) in [6, 6.07) is 6.66. The molecular formula is C20H24N6O3S. The molecule has 0 radical (unpaired) electrons. The summed E-state index contributed by atoms with van der Waals surface area (Å²) in [4.78, 5) is 39.6. The fourth-order valence-corrected chi connectivity index (χ4v) is 4.53. The summed E-state index contributed by atoms with van der Waals surface area (Å²) in [7, 11) is 0. The van der Waals surface area contributed by atoms with Crippen LogP contribution in [0.1, 0.15) is 48.5 Å². The molecule has 0 bridgehead atoms. The molecule has 3 N–H and O–H groups in total. The van der Waals surface area contributed by atoms with Gasteiger partial charge in [-0.05, 0) is 31.9 Å². The molecule has 30 heavy (non-hydrogen) atoms. The number of hydrogen-bond acceptors (Lipinski definition) is 7. The topological polar surface area (TPSA) is 116 Å². The van der Waals surface area contributed by atoms with Crippen LogP contribution in [0.25, 0.3) is 0 Å². The van der Waals surface area contributed by atoms with Crippen LogP contribution in [-0.4, -0.2) is 51.1 Å². The third-order valence-corrected chi connectivity index (χ3v) is 6.59. The third-order valence-electron chi connectivity index (χ3n) is 5.61. The zero-order valence-electron chi connectivity index (χ0n) is 16.9. The number of amides is 3. The van der Waals surface area contributed by atoms with E-state index in [4.69, 9.17) is 0 Å². The van der Waals surface area contributed by atoms with E-state index in [2.05, 4.69) is 26.1 Å². The summed E-state index contributed by atoms with van der Waals surface area (Å²) in [5.74, 6) is -0.570. The minimum atomic E-state index is -0.707. The van der Waals surface area contributed by atoms with Crippen LogP contribution in [0, 0.1) is 0 Å². The van der Waals surface area contributed by atoms with Gasteiger partial charge >= 0.3 is 0 Å². The van der Waals surface area contributed by atoms with Crippen molar-refractivity contribution in [2.45, 2.75) is 51.2 Å². The predicted octanol–water partition coefficient (Wildman–Crippen LogP) is 1.99. The maximum Gasteiger partial charge on any atom is 0.255 e. The van der Waals surface area contributed by atoms with Crippen molar-refractivity contribution in [3.05, 3.63) is 34.8 Å². The van der Waals surface area contributed by atoms with Crippen molar-refractivity contribution in [2.75, 3.05) is 17.2 Å². The van der Waals surface area contributed by atoms with Crippen molar-refractivity contribution < 1.29 is 14.4 Å². The van der Waals surface area contributed by atoms with Gasteiger partial charge in [-0.1, -0.05) is 30.4 Å². The first kappa shape index (κ1) is 20.3. The highest BCUT2D eigenvalue weighted by Gasteiger charge is 2.41. The first-order chi connectivity index (χ1) is 14.4. The second-order valence-electron chi connectivity index (χ2n) is 7.56. The Hall–Kier alpha value is -3.01. The van der Waals surface area contributed by atoms with E-state index in [-0.39, 0.29) is 24.1 Å². The van der Waals surface area contributed by atoms with Crippen molar-refractivity contribution in [1.29, 1.82) is 0 Å². The minimum Gasteiger partial charge on any atom is -0.362 e. The third kappa shape index (κ3) is 3.87. The number of carbonyl (C=O) groups is 3. The average molecular weight is 429 g/mol. The Balaban J connectivity index is 1.46. The molecule has 2 aliphatic rings. The highest BCUT2D eigenvalue weighted by Crippen LogP contribution is 2.32. The minimum absolute atomic E-state index is 0.115. The molecule has 0 aliphatic carbocycles. The first-order valence-electron chi connectivity index (χ1n) is 10.0. The number of aromatic nitrogens is 2. The van der Waals surface area contributed by atoms with E-state index in [0.717, 1.165) is 17.1 Å².